The van der Waals surface area contributed by atoms with Gasteiger partial charge in [0.25, 0.3) is 0 Å². The molecule has 0 bridgehead atoms. The number of aromatic amines is 1. The van der Waals surface area contributed by atoms with Crippen molar-refractivity contribution in [2.45, 2.75) is 13.3 Å². The lowest BCUT2D eigenvalue weighted by Crippen LogP contribution is -2.30. The van der Waals surface area contributed by atoms with Gasteiger partial charge < -0.3 is 14.5 Å². The molecule has 0 aliphatic rings. The number of aryl methyl sites for hydroxylation is 5. The first-order valence-corrected chi connectivity index (χ1v) is 11.8. The highest BCUT2D eigenvalue weighted by Crippen LogP contribution is 2.37. The fourth-order valence-corrected chi connectivity index (χ4v) is 4.90. The van der Waals surface area contributed by atoms with E-state index in [1.165, 1.54) is 0 Å². The smallest absolute Gasteiger partial charge is 0.327 e. The molecule has 0 unspecified atom stereocenters. The first kappa shape index (κ1) is 22.2. The first-order chi connectivity index (χ1) is 17.3. The van der Waals surface area contributed by atoms with E-state index in [2.05, 4.69) is 24.9 Å². The van der Waals surface area contributed by atoms with Crippen LogP contribution in [0.3, 0.4) is 0 Å². The Balaban J connectivity index is 1.46. The summed E-state index contributed by atoms with van der Waals surface area (Å²) in [7, 11) is 7.76. The highest BCUT2D eigenvalue weighted by molar-refractivity contribution is 6.36. The van der Waals surface area contributed by atoms with Gasteiger partial charge in [0.2, 0.25) is 5.88 Å². The number of halogens is 1. The molecule has 0 aliphatic carbocycles. The Morgan fingerprint density at radius 3 is 2.08 bits per heavy atom. The van der Waals surface area contributed by atoms with Crippen molar-refractivity contribution in [2.75, 3.05) is 0 Å². The summed E-state index contributed by atoms with van der Waals surface area (Å²) in [4.78, 5) is 21.3. The van der Waals surface area contributed by atoms with Crippen LogP contribution in [0.4, 0.5) is 0 Å². The van der Waals surface area contributed by atoms with Crippen LogP contribution in [0.15, 0.2) is 37.2 Å². The molecule has 0 aromatic carbocycles. The molecule has 0 saturated carbocycles. The summed E-state index contributed by atoms with van der Waals surface area (Å²) >= 11 is 6.69. The number of rotatable bonds is 5. The van der Waals surface area contributed by atoms with Crippen LogP contribution >= 0.6 is 11.6 Å². The van der Waals surface area contributed by atoms with E-state index in [0.29, 0.717) is 34.0 Å². The maximum atomic E-state index is 6.69. The van der Waals surface area contributed by atoms with Crippen LogP contribution in [-0.4, -0.2) is 34.1 Å². The summed E-state index contributed by atoms with van der Waals surface area (Å²) < 4.78 is 20.1. The molecule has 6 aromatic heterocycles. The number of hydrogen-bond acceptors (Lipinski definition) is 6. The molecule has 6 heterocycles. The number of ether oxygens (including phenoxy) is 2. The molecule has 1 N–H and O–H groups in total. The van der Waals surface area contributed by atoms with Gasteiger partial charge in [0.1, 0.15) is 23.4 Å². The topological polar surface area (TPSA) is 103 Å². The molecule has 0 amide bonds. The molecule has 12 heteroatoms. The van der Waals surface area contributed by atoms with Gasteiger partial charge in [-0.3, -0.25) is 0 Å². The van der Waals surface area contributed by atoms with Crippen molar-refractivity contribution in [1.82, 2.24) is 34.1 Å². The lowest BCUT2D eigenvalue weighted by Gasteiger charge is -2.09. The van der Waals surface area contributed by atoms with Gasteiger partial charge in [-0.2, -0.15) is 9.97 Å². The summed E-state index contributed by atoms with van der Waals surface area (Å²) in [6.07, 6.45) is 7.94. The third-order valence-corrected chi connectivity index (χ3v) is 6.54. The quantitative estimate of drug-likeness (QED) is 0.361. The van der Waals surface area contributed by atoms with E-state index in [1.54, 1.807) is 12.7 Å². The summed E-state index contributed by atoms with van der Waals surface area (Å²) in [6, 6.07) is 3.83. The third-order valence-electron chi connectivity index (χ3n) is 6.12. The molecule has 0 aliphatic heterocycles. The van der Waals surface area contributed by atoms with Crippen LogP contribution in [0.5, 0.6) is 23.4 Å². The van der Waals surface area contributed by atoms with Crippen molar-refractivity contribution in [2.24, 2.45) is 28.2 Å². The van der Waals surface area contributed by atoms with Crippen molar-refractivity contribution < 1.29 is 18.6 Å². The standard InChI is InChI=1S/C24H24ClN9O2/c1-6-15-19(25)18-20(28-15)29-24(36-14-8-17-23(32(3)10-14)34(5)12-27-17)30-21(18)35-13-7-16-22(31(2)9-13)33(4)11-26-16/h7-12H,6H2,1-5H3,(H,28,29,30)/q+2. The minimum Gasteiger partial charge on any atom is -0.434 e. The van der Waals surface area contributed by atoms with Crippen molar-refractivity contribution in [3.8, 4) is 23.4 Å². The van der Waals surface area contributed by atoms with E-state index in [0.717, 1.165) is 28.0 Å². The minimum atomic E-state index is 0.122. The minimum absolute atomic E-state index is 0.122. The van der Waals surface area contributed by atoms with Crippen LogP contribution < -0.4 is 18.6 Å². The second-order valence-electron chi connectivity index (χ2n) is 8.71. The number of H-pyrrole nitrogens is 1. The predicted molar refractivity (Wildman–Crippen MR) is 132 cm³/mol. The Bertz CT molecular complexity index is 1800. The molecule has 6 aromatic rings. The summed E-state index contributed by atoms with van der Waals surface area (Å²) in [5, 5.41) is 1.12. The number of fused-ring (bicyclic) bond motifs is 3. The van der Waals surface area contributed by atoms with Gasteiger partial charge in [-0.05, 0) is 6.42 Å². The summed E-state index contributed by atoms with van der Waals surface area (Å²) in [6.45, 7) is 2.01. The number of nitrogens with one attached hydrogen (secondary N) is 1. The third kappa shape index (κ3) is 3.51. The van der Waals surface area contributed by atoms with Crippen LogP contribution in [0, 0.1) is 0 Å². The number of nitrogens with zero attached hydrogens (tertiary/aromatic N) is 8. The predicted octanol–water partition coefficient (Wildman–Crippen LogP) is 3.18. The monoisotopic (exact) mass is 505 g/mol. The van der Waals surface area contributed by atoms with E-state index in [-0.39, 0.29) is 11.9 Å². The second-order valence-corrected chi connectivity index (χ2v) is 9.09. The first-order valence-electron chi connectivity index (χ1n) is 11.4. The average molecular weight is 506 g/mol. The van der Waals surface area contributed by atoms with E-state index in [4.69, 9.17) is 21.1 Å². The van der Waals surface area contributed by atoms with Gasteiger partial charge in [-0.15, -0.1) is 0 Å². The Hall–Kier alpha value is -4.25. The van der Waals surface area contributed by atoms with Crippen molar-refractivity contribution in [1.29, 1.82) is 0 Å². The largest absolute Gasteiger partial charge is 0.434 e. The van der Waals surface area contributed by atoms with Crippen LogP contribution in [0.2, 0.25) is 5.02 Å². The lowest BCUT2D eigenvalue weighted by molar-refractivity contribution is -0.648. The maximum absolute atomic E-state index is 6.69. The van der Waals surface area contributed by atoms with E-state index in [1.807, 2.05) is 77.9 Å². The highest BCUT2D eigenvalue weighted by Gasteiger charge is 2.22. The Morgan fingerprint density at radius 2 is 1.50 bits per heavy atom. The van der Waals surface area contributed by atoms with Crippen molar-refractivity contribution in [3.05, 3.63) is 47.9 Å². The molecule has 6 rings (SSSR count). The fraction of sp³-hybridized carbons (Fsp3) is 0.250. The number of imidazole rings is 2. The lowest BCUT2D eigenvalue weighted by atomic mass is 10.3. The normalized spacial score (nSPS) is 11.7. The molecule has 0 saturated heterocycles. The zero-order chi connectivity index (χ0) is 25.1. The zero-order valence-electron chi connectivity index (χ0n) is 20.4. The Morgan fingerprint density at radius 1 is 0.917 bits per heavy atom. The number of hydrogen-bond donors (Lipinski definition) is 1. The van der Waals surface area contributed by atoms with E-state index >= 15 is 0 Å². The van der Waals surface area contributed by atoms with Crippen LogP contribution in [0.25, 0.3) is 33.4 Å². The SMILES string of the molecule is CCc1[nH]c2nc(Oc3cc4ncn(C)c4[n+](C)c3)nc(Oc3cc4ncn(C)c4[n+](C)c3)c2c1Cl. The number of pyridine rings is 2. The Labute approximate surface area is 210 Å². The van der Waals surface area contributed by atoms with Gasteiger partial charge in [0.15, 0.2) is 35.2 Å². The molecule has 36 heavy (non-hydrogen) atoms. The second kappa shape index (κ2) is 8.16. The van der Waals surface area contributed by atoms with Crippen molar-refractivity contribution in [3.63, 3.8) is 0 Å². The van der Waals surface area contributed by atoms with Gasteiger partial charge in [-0.1, -0.05) is 18.5 Å². The van der Waals surface area contributed by atoms with Crippen LogP contribution in [-0.2, 0) is 34.6 Å². The molecule has 182 valence electrons. The van der Waals surface area contributed by atoms with Crippen molar-refractivity contribution >= 4 is 45.0 Å². The Kier molecular flexibility index (Phi) is 5.04. The highest BCUT2D eigenvalue weighted by atomic mass is 35.5. The van der Waals surface area contributed by atoms with Gasteiger partial charge >= 0.3 is 17.3 Å². The molecule has 11 nitrogen and oxygen atoms in total. The fourth-order valence-electron chi connectivity index (χ4n) is 4.54. The van der Waals surface area contributed by atoms with Gasteiger partial charge in [0.05, 0.1) is 33.2 Å². The van der Waals surface area contributed by atoms with E-state index < -0.39 is 0 Å². The molecular weight excluding hydrogens is 482 g/mol. The van der Waals surface area contributed by atoms with Crippen LogP contribution in [0.1, 0.15) is 12.6 Å². The average Bonchev–Trinajstić information content (AvgIpc) is 3.49. The maximum Gasteiger partial charge on any atom is 0.327 e. The van der Waals surface area contributed by atoms with Gasteiger partial charge in [-0.25, -0.2) is 28.2 Å². The van der Waals surface area contributed by atoms with Gasteiger partial charge in [0, 0.05) is 17.8 Å². The van der Waals surface area contributed by atoms with E-state index in [9.17, 15) is 0 Å². The summed E-state index contributed by atoms with van der Waals surface area (Å²) in [5.74, 6) is 1.39. The molecule has 0 atom stereocenters. The molecule has 0 spiro atoms. The zero-order valence-corrected chi connectivity index (χ0v) is 21.2. The molecular formula is C24H24ClN9O2+2. The number of aromatic nitrogens is 9. The molecule has 0 fully saturated rings. The summed E-state index contributed by atoms with van der Waals surface area (Å²) in [5.41, 5.74) is 4.89. The molecule has 0 radical (unpaired) electrons.